The molecule has 3 aromatic carbocycles. The molecule has 1 aromatic heterocycles. The van der Waals surface area contributed by atoms with Gasteiger partial charge in [0.2, 0.25) is 12.7 Å². The van der Waals surface area contributed by atoms with Crippen LogP contribution in [-0.2, 0) is 11.2 Å². The summed E-state index contributed by atoms with van der Waals surface area (Å²) in [6.07, 6.45) is 3.63. The quantitative estimate of drug-likeness (QED) is 0.396. The van der Waals surface area contributed by atoms with Crippen LogP contribution in [-0.4, -0.2) is 23.6 Å². The zero-order valence-electron chi connectivity index (χ0n) is 19.6. The monoisotopic (exact) mass is 477 g/mol. The minimum absolute atomic E-state index is 0.143. The lowest BCUT2D eigenvalue weighted by Crippen LogP contribution is -2.15. The number of hydrogen-bond acceptors (Lipinski definition) is 5. The lowest BCUT2D eigenvalue weighted by molar-refractivity contribution is -0.114. The predicted molar refractivity (Wildman–Crippen MR) is 139 cm³/mol. The third kappa shape index (κ3) is 4.05. The second kappa shape index (κ2) is 8.85. The molecule has 178 valence electrons. The number of carbonyl (C=O) groups excluding carboxylic acids is 2. The zero-order chi connectivity index (χ0) is 24.6. The number of pyridine rings is 1. The van der Waals surface area contributed by atoms with E-state index in [0.29, 0.717) is 16.9 Å². The Morgan fingerprint density at radius 1 is 0.889 bits per heavy atom. The fourth-order valence-corrected chi connectivity index (χ4v) is 4.78. The van der Waals surface area contributed by atoms with Crippen LogP contribution in [0.1, 0.15) is 40.5 Å². The number of aromatic nitrogens is 1. The Labute approximate surface area is 207 Å². The zero-order valence-corrected chi connectivity index (χ0v) is 19.6. The number of fused-ring (bicyclic) bond motifs is 3. The number of nitrogens with one attached hydrogen (secondary N) is 2. The second-order valence-corrected chi connectivity index (χ2v) is 8.83. The van der Waals surface area contributed by atoms with E-state index in [1.54, 1.807) is 24.3 Å². The number of ether oxygens (including phenoxy) is 2. The van der Waals surface area contributed by atoms with Gasteiger partial charge in [0.15, 0.2) is 11.5 Å². The molecule has 0 bridgehead atoms. The third-order valence-electron chi connectivity index (χ3n) is 6.37. The van der Waals surface area contributed by atoms with Crippen molar-refractivity contribution >= 4 is 45.7 Å². The van der Waals surface area contributed by atoms with Gasteiger partial charge in [0.05, 0.1) is 16.8 Å². The third-order valence-corrected chi connectivity index (χ3v) is 6.37. The SMILES string of the molecule is CC(=O)Nc1ccc(NC(=O)c2c3c(nc4ccccc24)/C(=C/c2ccc4c(c2)OCO4)CC3)cc1. The summed E-state index contributed by atoms with van der Waals surface area (Å²) in [5.41, 5.74) is 6.65. The molecule has 4 aromatic rings. The van der Waals surface area contributed by atoms with E-state index >= 15 is 0 Å². The van der Waals surface area contributed by atoms with Crippen molar-refractivity contribution in [1.82, 2.24) is 4.98 Å². The van der Waals surface area contributed by atoms with Crippen LogP contribution in [0.15, 0.2) is 66.7 Å². The van der Waals surface area contributed by atoms with Crippen molar-refractivity contribution in [3.8, 4) is 11.5 Å². The molecule has 36 heavy (non-hydrogen) atoms. The van der Waals surface area contributed by atoms with Gasteiger partial charge in [0.1, 0.15) is 0 Å². The molecule has 6 rings (SSSR count). The van der Waals surface area contributed by atoms with Crippen molar-refractivity contribution in [3.05, 3.63) is 89.1 Å². The summed E-state index contributed by atoms with van der Waals surface area (Å²) in [7, 11) is 0. The summed E-state index contributed by atoms with van der Waals surface area (Å²) in [6, 6.07) is 20.7. The van der Waals surface area contributed by atoms with Gasteiger partial charge in [0.25, 0.3) is 5.91 Å². The largest absolute Gasteiger partial charge is 0.454 e. The maximum absolute atomic E-state index is 13.6. The number of para-hydroxylation sites is 1. The Morgan fingerprint density at radius 2 is 1.64 bits per heavy atom. The number of nitrogens with zero attached hydrogens (tertiary/aromatic N) is 1. The van der Waals surface area contributed by atoms with E-state index in [0.717, 1.165) is 57.6 Å². The van der Waals surface area contributed by atoms with Crippen LogP contribution < -0.4 is 20.1 Å². The highest BCUT2D eigenvalue weighted by molar-refractivity contribution is 6.14. The molecule has 2 heterocycles. The van der Waals surface area contributed by atoms with Gasteiger partial charge >= 0.3 is 0 Å². The first-order valence-corrected chi connectivity index (χ1v) is 11.8. The average molecular weight is 478 g/mol. The summed E-state index contributed by atoms with van der Waals surface area (Å²) < 4.78 is 10.9. The standard InChI is InChI=1S/C29H23N3O4/c1-17(33)30-20-8-10-21(11-9-20)31-29(34)27-22-4-2-3-5-24(22)32-28-19(7-12-23(27)28)14-18-6-13-25-26(15-18)36-16-35-25/h2-6,8-11,13-15H,7,12,16H2,1H3,(H,30,33)(H,31,34)/b19-14+. The molecule has 0 saturated heterocycles. The molecular weight excluding hydrogens is 454 g/mol. The van der Waals surface area contributed by atoms with Crippen molar-refractivity contribution in [2.45, 2.75) is 19.8 Å². The highest BCUT2D eigenvalue weighted by atomic mass is 16.7. The molecule has 0 atom stereocenters. The number of benzene rings is 3. The Bertz CT molecular complexity index is 1560. The van der Waals surface area contributed by atoms with Gasteiger partial charge in [-0.15, -0.1) is 0 Å². The van der Waals surface area contributed by atoms with Gasteiger partial charge in [-0.1, -0.05) is 24.3 Å². The van der Waals surface area contributed by atoms with Crippen LogP contribution in [0, 0.1) is 0 Å². The van der Waals surface area contributed by atoms with E-state index in [2.05, 4.69) is 16.7 Å². The molecule has 0 spiro atoms. The van der Waals surface area contributed by atoms with E-state index in [-0.39, 0.29) is 18.6 Å². The number of anilines is 2. The minimum atomic E-state index is -0.179. The highest BCUT2D eigenvalue weighted by Gasteiger charge is 2.27. The molecule has 2 N–H and O–H groups in total. The first kappa shape index (κ1) is 21.9. The Morgan fingerprint density at radius 3 is 2.44 bits per heavy atom. The predicted octanol–water partition coefficient (Wildman–Crippen LogP) is 5.66. The number of allylic oxidation sites excluding steroid dienone is 1. The molecule has 7 heteroatoms. The molecule has 0 saturated carbocycles. The van der Waals surface area contributed by atoms with Crippen LogP contribution in [0.2, 0.25) is 0 Å². The van der Waals surface area contributed by atoms with Crippen LogP contribution in [0.4, 0.5) is 11.4 Å². The van der Waals surface area contributed by atoms with Crippen molar-refractivity contribution < 1.29 is 19.1 Å². The van der Waals surface area contributed by atoms with E-state index < -0.39 is 0 Å². The van der Waals surface area contributed by atoms with Crippen LogP contribution in [0.3, 0.4) is 0 Å². The van der Waals surface area contributed by atoms with Crippen molar-refractivity contribution in [1.29, 1.82) is 0 Å². The number of hydrogen-bond donors (Lipinski definition) is 2. The maximum Gasteiger partial charge on any atom is 0.256 e. The molecule has 1 aliphatic heterocycles. The summed E-state index contributed by atoms with van der Waals surface area (Å²) in [5.74, 6) is 1.16. The summed E-state index contributed by atoms with van der Waals surface area (Å²) in [5, 5.41) is 6.58. The fraction of sp³-hybridized carbons (Fsp3) is 0.138. The Kier molecular flexibility index (Phi) is 5.37. The van der Waals surface area contributed by atoms with Gasteiger partial charge < -0.3 is 20.1 Å². The van der Waals surface area contributed by atoms with Gasteiger partial charge in [-0.25, -0.2) is 4.98 Å². The first-order chi connectivity index (χ1) is 17.5. The number of amides is 2. The van der Waals surface area contributed by atoms with Crippen LogP contribution >= 0.6 is 0 Å². The summed E-state index contributed by atoms with van der Waals surface area (Å²) in [6.45, 7) is 1.69. The lowest BCUT2D eigenvalue weighted by atomic mass is 9.99. The molecule has 0 radical (unpaired) electrons. The van der Waals surface area contributed by atoms with Gasteiger partial charge in [-0.3, -0.25) is 9.59 Å². The van der Waals surface area contributed by atoms with Gasteiger partial charge in [-0.2, -0.15) is 0 Å². The van der Waals surface area contributed by atoms with Crippen molar-refractivity contribution in [2.24, 2.45) is 0 Å². The normalized spacial score (nSPS) is 14.6. The molecule has 2 amide bonds. The summed E-state index contributed by atoms with van der Waals surface area (Å²) in [4.78, 5) is 29.8. The average Bonchev–Trinajstić information content (AvgIpc) is 3.50. The maximum atomic E-state index is 13.6. The van der Waals surface area contributed by atoms with Crippen LogP contribution in [0.5, 0.6) is 11.5 Å². The highest BCUT2D eigenvalue weighted by Crippen LogP contribution is 2.39. The minimum Gasteiger partial charge on any atom is -0.454 e. The van der Waals surface area contributed by atoms with E-state index in [1.165, 1.54) is 6.92 Å². The number of rotatable bonds is 4. The smallest absolute Gasteiger partial charge is 0.256 e. The Hall–Kier alpha value is -4.65. The molecule has 1 aliphatic carbocycles. The second-order valence-electron chi connectivity index (χ2n) is 8.83. The summed E-state index contributed by atoms with van der Waals surface area (Å²) >= 11 is 0. The van der Waals surface area contributed by atoms with Gasteiger partial charge in [0, 0.05) is 23.7 Å². The van der Waals surface area contributed by atoms with Crippen molar-refractivity contribution in [2.75, 3.05) is 17.4 Å². The van der Waals surface area contributed by atoms with Gasteiger partial charge in [-0.05, 0) is 78.1 Å². The molecule has 0 unspecified atom stereocenters. The topological polar surface area (TPSA) is 89.6 Å². The molecular formula is C29H23N3O4. The molecule has 7 nitrogen and oxygen atoms in total. The molecule has 0 fully saturated rings. The molecule has 2 aliphatic rings. The van der Waals surface area contributed by atoms with Crippen LogP contribution in [0.25, 0.3) is 22.6 Å². The fourth-order valence-electron chi connectivity index (χ4n) is 4.78. The first-order valence-electron chi connectivity index (χ1n) is 11.8. The van der Waals surface area contributed by atoms with Crippen molar-refractivity contribution in [3.63, 3.8) is 0 Å². The Balaban J connectivity index is 1.37. The number of carbonyl (C=O) groups is 2. The lowest BCUT2D eigenvalue weighted by Gasteiger charge is -2.13. The van der Waals surface area contributed by atoms with E-state index in [1.807, 2.05) is 42.5 Å². The van der Waals surface area contributed by atoms with E-state index in [4.69, 9.17) is 14.5 Å². The van der Waals surface area contributed by atoms with E-state index in [9.17, 15) is 9.59 Å².